The third-order valence-electron chi connectivity index (χ3n) is 5.48. The van der Waals surface area contributed by atoms with Crippen LogP contribution in [0.5, 0.6) is 0 Å². The highest BCUT2D eigenvalue weighted by atomic mass is 79.9. The number of rotatable bonds is 5. The Labute approximate surface area is 187 Å². The molecular formula is C24H19BrN4O2. The molecule has 0 aliphatic carbocycles. The lowest BCUT2D eigenvalue weighted by molar-refractivity contribution is -0.132. The first-order valence-corrected chi connectivity index (χ1v) is 10.7. The molecule has 1 atom stereocenters. The van der Waals surface area contributed by atoms with Crippen molar-refractivity contribution in [1.29, 1.82) is 0 Å². The highest BCUT2D eigenvalue weighted by molar-refractivity contribution is 9.10. The first-order chi connectivity index (χ1) is 15.1. The fourth-order valence-electron chi connectivity index (χ4n) is 3.99. The number of halogens is 1. The molecule has 1 amide bonds. The van der Waals surface area contributed by atoms with Crippen molar-refractivity contribution in [3.05, 3.63) is 112 Å². The third kappa shape index (κ3) is 3.45. The number of hydrogen-bond donors (Lipinski definition) is 1. The van der Waals surface area contributed by atoms with Crippen molar-refractivity contribution in [2.75, 3.05) is 4.90 Å². The molecule has 4 aromatic rings. The summed E-state index contributed by atoms with van der Waals surface area (Å²) in [5.41, 5.74) is 1.77. The summed E-state index contributed by atoms with van der Waals surface area (Å²) in [5.74, 6) is -0.399. The molecule has 154 valence electrons. The van der Waals surface area contributed by atoms with Crippen molar-refractivity contribution >= 4 is 27.5 Å². The van der Waals surface area contributed by atoms with Gasteiger partial charge in [-0.25, -0.2) is 4.68 Å². The Morgan fingerprint density at radius 2 is 1.65 bits per heavy atom. The zero-order valence-electron chi connectivity index (χ0n) is 16.5. The number of carbonyl (C=O) groups is 1. The maximum absolute atomic E-state index is 13.5. The molecule has 2 heterocycles. The van der Waals surface area contributed by atoms with E-state index in [-0.39, 0.29) is 6.54 Å². The molecule has 1 aromatic heterocycles. The van der Waals surface area contributed by atoms with Gasteiger partial charge in [0.25, 0.3) is 5.91 Å². The second-order valence-electron chi connectivity index (χ2n) is 7.52. The van der Waals surface area contributed by atoms with Crippen LogP contribution in [0.3, 0.4) is 0 Å². The highest BCUT2D eigenvalue weighted by Gasteiger charge is 2.51. The van der Waals surface area contributed by atoms with E-state index in [0.717, 1.165) is 10.0 Å². The van der Waals surface area contributed by atoms with E-state index in [2.05, 4.69) is 26.2 Å². The number of anilines is 1. The van der Waals surface area contributed by atoms with Gasteiger partial charge in [0.1, 0.15) is 5.69 Å². The van der Waals surface area contributed by atoms with Crippen molar-refractivity contribution < 1.29 is 9.90 Å². The molecule has 0 saturated heterocycles. The van der Waals surface area contributed by atoms with Crippen LogP contribution in [0, 0.1) is 0 Å². The van der Waals surface area contributed by atoms with Crippen LogP contribution in [-0.2, 0) is 23.5 Å². The number of benzene rings is 3. The van der Waals surface area contributed by atoms with E-state index in [1.165, 1.54) is 0 Å². The predicted molar refractivity (Wildman–Crippen MR) is 120 cm³/mol. The Balaban J connectivity index is 1.48. The average molecular weight is 475 g/mol. The van der Waals surface area contributed by atoms with Crippen molar-refractivity contribution in [3.8, 4) is 0 Å². The molecule has 31 heavy (non-hydrogen) atoms. The smallest absolute Gasteiger partial charge is 0.268 e. The summed E-state index contributed by atoms with van der Waals surface area (Å²) in [6, 6.07) is 24.5. The van der Waals surface area contributed by atoms with Gasteiger partial charge in [0.2, 0.25) is 0 Å². The standard InChI is InChI=1S/C24H19BrN4O2/c25-19-11-12-22-21(13-19)24(31,18-9-5-2-6-10-18)23(30)29(22)16-20-15-28(27-26-20)14-17-7-3-1-4-8-17/h1-13,15,31H,14,16H2. The fraction of sp³-hybridized carbons (Fsp3) is 0.125. The SMILES string of the molecule is O=C1N(Cc2cn(Cc3ccccc3)nn2)c2ccc(Br)cc2C1(O)c1ccccc1. The normalized spacial score (nSPS) is 17.7. The molecule has 5 rings (SSSR count). The predicted octanol–water partition coefficient (Wildman–Crippen LogP) is 3.87. The van der Waals surface area contributed by atoms with Crippen LogP contribution in [0.15, 0.2) is 89.5 Å². The van der Waals surface area contributed by atoms with Crippen LogP contribution in [0.1, 0.15) is 22.4 Å². The van der Waals surface area contributed by atoms with E-state index in [0.29, 0.717) is 29.1 Å². The monoisotopic (exact) mass is 474 g/mol. The van der Waals surface area contributed by atoms with E-state index in [1.54, 1.807) is 27.8 Å². The van der Waals surface area contributed by atoms with Gasteiger partial charge >= 0.3 is 0 Å². The molecule has 7 heteroatoms. The first-order valence-electron chi connectivity index (χ1n) is 9.88. The number of aromatic nitrogens is 3. The lowest BCUT2D eigenvalue weighted by atomic mass is 9.87. The molecule has 3 aromatic carbocycles. The summed E-state index contributed by atoms with van der Waals surface area (Å²) in [6.45, 7) is 0.816. The molecular weight excluding hydrogens is 456 g/mol. The van der Waals surface area contributed by atoms with Crippen LogP contribution < -0.4 is 4.90 Å². The van der Waals surface area contributed by atoms with Crippen LogP contribution in [0.4, 0.5) is 5.69 Å². The molecule has 1 aliphatic heterocycles. The van der Waals surface area contributed by atoms with Crippen molar-refractivity contribution in [2.45, 2.75) is 18.7 Å². The van der Waals surface area contributed by atoms with Gasteiger partial charge < -0.3 is 10.0 Å². The van der Waals surface area contributed by atoms with E-state index >= 15 is 0 Å². The van der Waals surface area contributed by atoms with Gasteiger partial charge in [-0.05, 0) is 29.3 Å². The summed E-state index contributed by atoms with van der Waals surface area (Å²) in [7, 11) is 0. The van der Waals surface area contributed by atoms with E-state index in [9.17, 15) is 9.90 Å². The zero-order chi connectivity index (χ0) is 21.4. The van der Waals surface area contributed by atoms with Crippen molar-refractivity contribution in [2.24, 2.45) is 0 Å². The molecule has 6 nitrogen and oxygen atoms in total. The van der Waals surface area contributed by atoms with E-state index < -0.39 is 11.5 Å². The summed E-state index contributed by atoms with van der Waals surface area (Å²) < 4.78 is 2.54. The Bertz CT molecular complexity index is 1240. The molecule has 0 radical (unpaired) electrons. The average Bonchev–Trinajstić information content (AvgIpc) is 3.32. The fourth-order valence-corrected chi connectivity index (χ4v) is 4.35. The van der Waals surface area contributed by atoms with Gasteiger partial charge in [-0.15, -0.1) is 5.10 Å². The lowest BCUT2D eigenvalue weighted by Gasteiger charge is -2.23. The Morgan fingerprint density at radius 3 is 2.39 bits per heavy atom. The van der Waals surface area contributed by atoms with Crippen LogP contribution >= 0.6 is 15.9 Å². The number of amides is 1. The Kier molecular flexibility index (Phi) is 4.92. The minimum Gasteiger partial charge on any atom is -0.372 e. The van der Waals surface area contributed by atoms with Gasteiger partial charge in [-0.1, -0.05) is 81.8 Å². The van der Waals surface area contributed by atoms with Gasteiger partial charge in [-0.2, -0.15) is 0 Å². The number of carbonyl (C=O) groups excluding carboxylic acids is 1. The summed E-state index contributed by atoms with van der Waals surface area (Å²) in [4.78, 5) is 15.1. The van der Waals surface area contributed by atoms with Crippen molar-refractivity contribution in [3.63, 3.8) is 0 Å². The van der Waals surface area contributed by atoms with Crippen LogP contribution in [0.2, 0.25) is 0 Å². The van der Waals surface area contributed by atoms with E-state index in [4.69, 9.17) is 0 Å². The topological polar surface area (TPSA) is 71.2 Å². The number of fused-ring (bicyclic) bond motifs is 1. The Hall–Kier alpha value is -3.29. The molecule has 0 spiro atoms. The second-order valence-corrected chi connectivity index (χ2v) is 8.44. The zero-order valence-corrected chi connectivity index (χ0v) is 18.1. The number of nitrogens with zero attached hydrogens (tertiary/aromatic N) is 4. The lowest BCUT2D eigenvalue weighted by Crippen LogP contribution is -2.40. The summed E-state index contributed by atoms with van der Waals surface area (Å²) >= 11 is 3.46. The van der Waals surface area contributed by atoms with Crippen LogP contribution in [0.25, 0.3) is 0 Å². The second kappa shape index (κ2) is 7.76. The summed E-state index contributed by atoms with van der Waals surface area (Å²) in [5, 5.41) is 20.1. The van der Waals surface area contributed by atoms with Crippen LogP contribution in [-0.4, -0.2) is 26.0 Å². The summed E-state index contributed by atoms with van der Waals surface area (Å²) in [6.07, 6.45) is 1.83. The molecule has 1 N–H and O–H groups in total. The quantitative estimate of drug-likeness (QED) is 0.476. The van der Waals surface area contributed by atoms with Gasteiger partial charge in [0, 0.05) is 10.0 Å². The first kappa shape index (κ1) is 19.7. The largest absolute Gasteiger partial charge is 0.372 e. The molecule has 1 aliphatic rings. The Morgan fingerprint density at radius 1 is 0.935 bits per heavy atom. The minimum absolute atomic E-state index is 0.220. The molecule has 0 bridgehead atoms. The maximum atomic E-state index is 13.5. The number of hydrogen-bond acceptors (Lipinski definition) is 4. The minimum atomic E-state index is -1.75. The van der Waals surface area contributed by atoms with E-state index in [1.807, 2.05) is 66.9 Å². The maximum Gasteiger partial charge on any atom is 0.268 e. The van der Waals surface area contributed by atoms with Crippen molar-refractivity contribution in [1.82, 2.24) is 15.0 Å². The third-order valence-corrected chi connectivity index (χ3v) is 5.97. The van der Waals surface area contributed by atoms with Gasteiger partial charge in [0.05, 0.1) is 25.0 Å². The van der Waals surface area contributed by atoms with Gasteiger partial charge in [-0.3, -0.25) is 4.79 Å². The number of aliphatic hydroxyl groups is 1. The molecule has 1 unspecified atom stereocenters. The van der Waals surface area contributed by atoms with Gasteiger partial charge in [0.15, 0.2) is 5.60 Å². The highest BCUT2D eigenvalue weighted by Crippen LogP contribution is 2.45. The molecule has 0 saturated carbocycles. The molecule has 0 fully saturated rings.